The van der Waals surface area contributed by atoms with Gasteiger partial charge in [-0.15, -0.1) is 0 Å². The summed E-state index contributed by atoms with van der Waals surface area (Å²) >= 11 is 0. The van der Waals surface area contributed by atoms with Crippen molar-refractivity contribution in [2.75, 3.05) is 14.2 Å². The number of hydrogen-bond donors (Lipinski definition) is 1. The highest BCUT2D eigenvalue weighted by molar-refractivity contribution is 5.93. The molecule has 9 heteroatoms. The van der Waals surface area contributed by atoms with Crippen molar-refractivity contribution >= 4 is 23.3 Å². The summed E-state index contributed by atoms with van der Waals surface area (Å²) in [5.74, 6) is -0.800. The van der Waals surface area contributed by atoms with Gasteiger partial charge in [-0.05, 0) is 54.5 Å². The topological polar surface area (TPSA) is 99.5 Å². The number of aryl methyl sites for hydroxylation is 1. The van der Waals surface area contributed by atoms with Crippen LogP contribution in [0.2, 0.25) is 0 Å². The lowest BCUT2D eigenvalue weighted by molar-refractivity contribution is -0.109. The van der Waals surface area contributed by atoms with Gasteiger partial charge in [-0.1, -0.05) is 6.92 Å². The predicted octanol–water partition coefficient (Wildman–Crippen LogP) is 4.05. The molecule has 5 rings (SSSR count). The van der Waals surface area contributed by atoms with Crippen molar-refractivity contribution < 1.29 is 23.5 Å². The minimum atomic E-state index is -0.560. The molecule has 2 atom stereocenters. The molecule has 2 aromatic heterocycles. The number of aromatic nitrogens is 2. The molecule has 1 aliphatic carbocycles. The van der Waals surface area contributed by atoms with Gasteiger partial charge in [0.2, 0.25) is 0 Å². The van der Waals surface area contributed by atoms with Gasteiger partial charge in [-0.25, -0.2) is 14.2 Å². The maximum atomic E-state index is 14.9. The number of ether oxygens (including phenoxy) is 2. The Labute approximate surface area is 207 Å². The molecule has 0 radical (unpaired) electrons. The third-order valence-electron chi connectivity index (χ3n) is 7.54. The van der Waals surface area contributed by atoms with E-state index in [2.05, 4.69) is 5.32 Å². The minimum Gasteiger partial charge on any atom is -0.453 e. The Balaban J connectivity index is 1.83. The van der Waals surface area contributed by atoms with E-state index >= 15 is 0 Å². The largest absolute Gasteiger partial charge is 0.453 e. The van der Waals surface area contributed by atoms with Crippen molar-refractivity contribution in [3.63, 3.8) is 0 Å². The molecule has 1 N–H and O–H groups in total. The number of nitrogens with zero attached hydrogens (tertiary/aromatic N) is 2. The van der Waals surface area contributed by atoms with E-state index in [0.717, 1.165) is 28.4 Å². The van der Waals surface area contributed by atoms with E-state index < -0.39 is 12.0 Å². The molecule has 2 aliphatic rings. The summed E-state index contributed by atoms with van der Waals surface area (Å²) in [7, 11) is 2.82. The van der Waals surface area contributed by atoms with E-state index in [4.69, 9.17) is 14.5 Å². The maximum absolute atomic E-state index is 14.9. The number of nitrogens with one attached hydrogen (secondary N) is 1. The van der Waals surface area contributed by atoms with Gasteiger partial charge >= 0.3 is 6.09 Å². The Morgan fingerprint density at radius 3 is 2.78 bits per heavy atom. The van der Waals surface area contributed by atoms with Crippen LogP contribution in [0.25, 0.3) is 22.3 Å². The number of aldehydes is 1. The normalized spacial score (nSPS) is 16.4. The fraction of sp³-hybridized carbons (Fsp3) is 0.407. The first-order chi connectivity index (χ1) is 17.3. The fourth-order valence-corrected chi connectivity index (χ4v) is 5.72. The molecule has 0 saturated carbocycles. The molecule has 1 amide bonds. The number of benzene rings is 1. The molecule has 1 aliphatic heterocycles. The zero-order valence-corrected chi connectivity index (χ0v) is 20.7. The summed E-state index contributed by atoms with van der Waals surface area (Å²) < 4.78 is 26.7. The van der Waals surface area contributed by atoms with Gasteiger partial charge in [0, 0.05) is 35.6 Å². The molecular weight excluding hydrogens is 465 g/mol. The zero-order valence-electron chi connectivity index (χ0n) is 20.7. The molecule has 0 saturated heterocycles. The van der Waals surface area contributed by atoms with Crippen LogP contribution < -0.4 is 10.9 Å². The van der Waals surface area contributed by atoms with Crippen molar-refractivity contribution in [2.45, 2.75) is 58.2 Å². The van der Waals surface area contributed by atoms with Crippen LogP contribution in [0.3, 0.4) is 0 Å². The molecule has 0 fully saturated rings. The summed E-state index contributed by atoms with van der Waals surface area (Å²) in [5, 5.41) is 3.74. The van der Waals surface area contributed by atoms with E-state index in [1.165, 1.54) is 20.3 Å². The first kappa shape index (κ1) is 24.1. The molecule has 188 valence electrons. The average molecular weight is 494 g/mol. The van der Waals surface area contributed by atoms with Gasteiger partial charge in [0.05, 0.1) is 43.2 Å². The Morgan fingerprint density at radius 1 is 1.33 bits per heavy atom. The van der Waals surface area contributed by atoms with Crippen molar-refractivity contribution in [3.8, 4) is 11.4 Å². The summed E-state index contributed by atoms with van der Waals surface area (Å²) in [6.45, 7) is 3.98. The van der Waals surface area contributed by atoms with Crippen LogP contribution in [-0.2, 0) is 33.8 Å². The SMILES string of the molecule is CCC(C=O)c1cc2n(c(=O)c1COC)Cc1c-2nc2cc(F)c(C)c3c2c1C(NC(=O)OC)CC3. The Bertz CT molecular complexity index is 1480. The quantitative estimate of drug-likeness (QED) is 0.407. The van der Waals surface area contributed by atoms with Crippen molar-refractivity contribution in [1.29, 1.82) is 0 Å². The maximum Gasteiger partial charge on any atom is 0.407 e. The number of alkyl carbamates (subject to hydrolysis) is 1. The number of rotatable bonds is 6. The van der Waals surface area contributed by atoms with Crippen LogP contribution in [0, 0.1) is 12.7 Å². The lowest BCUT2D eigenvalue weighted by Crippen LogP contribution is -2.32. The standard InChI is InChI=1S/C27H28FN3O5/c1-5-14(11-32)16-8-22-25-17(10-31(22)26(33)18(16)12-35-3)24-20(30-27(34)36-4)7-6-15-13(2)19(28)9-21(29-25)23(15)24/h8-9,11,14,20H,5-7,10,12H2,1-4H3,(H,30,34). The van der Waals surface area contributed by atoms with Crippen LogP contribution in [0.4, 0.5) is 9.18 Å². The average Bonchev–Trinajstić information content (AvgIpc) is 3.24. The molecule has 1 aromatic carbocycles. The highest BCUT2D eigenvalue weighted by Crippen LogP contribution is 2.45. The highest BCUT2D eigenvalue weighted by atomic mass is 19.1. The van der Waals surface area contributed by atoms with Crippen LogP contribution in [-0.4, -0.2) is 36.2 Å². The summed E-state index contributed by atoms with van der Waals surface area (Å²) in [6, 6.07) is 2.88. The van der Waals surface area contributed by atoms with Crippen LogP contribution in [0.15, 0.2) is 16.9 Å². The zero-order chi connectivity index (χ0) is 25.7. The second-order valence-corrected chi connectivity index (χ2v) is 9.37. The van der Waals surface area contributed by atoms with Crippen LogP contribution in [0.1, 0.15) is 65.1 Å². The van der Waals surface area contributed by atoms with Gasteiger partial charge in [0.1, 0.15) is 12.1 Å². The minimum absolute atomic E-state index is 0.0818. The molecule has 3 aromatic rings. The molecule has 36 heavy (non-hydrogen) atoms. The summed E-state index contributed by atoms with van der Waals surface area (Å²) in [6.07, 6.45) is 1.96. The number of halogens is 1. The number of carbonyl (C=O) groups is 2. The number of pyridine rings is 2. The molecule has 0 bridgehead atoms. The second kappa shape index (κ2) is 9.13. The molecule has 8 nitrogen and oxygen atoms in total. The first-order valence-electron chi connectivity index (χ1n) is 12.0. The number of hydrogen-bond acceptors (Lipinski definition) is 6. The van der Waals surface area contributed by atoms with E-state index in [0.29, 0.717) is 52.9 Å². The number of carbonyl (C=O) groups excluding carboxylic acids is 2. The smallest absolute Gasteiger partial charge is 0.407 e. The predicted molar refractivity (Wildman–Crippen MR) is 132 cm³/mol. The van der Waals surface area contributed by atoms with Crippen molar-refractivity contribution in [2.24, 2.45) is 0 Å². The molecular formula is C27H28FN3O5. The highest BCUT2D eigenvalue weighted by Gasteiger charge is 2.35. The van der Waals surface area contributed by atoms with Gasteiger partial charge in [0.15, 0.2) is 0 Å². The Hall–Kier alpha value is -3.59. The summed E-state index contributed by atoms with van der Waals surface area (Å²) in [5.41, 5.74) is 5.52. The Kier molecular flexibility index (Phi) is 6.12. The van der Waals surface area contributed by atoms with Crippen molar-refractivity contribution in [1.82, 2.24) is 14.9 Å². The monoisotopic (exact) mass is 493 g/mol. The van der Waals surface area contributed by atoms with E-state index in [1.807, 2.05) is 13.0 Å². The van der Waals surface area contributed by atoms with E-state index in [1.54, 1.807) is 11.5 Å². The van der Waals surface area contributed by atoms with Crippen LogP contribution in [0.5, 0.6) is 0 Å². The summed E-state index contributed by atoms with van der Waals surface area (Å²) in [4.78, 5) is 42.5. The van der Waals surface area contributed by atoms with E-state index in [-0.39, 0.29) is 30.6 Å². The molecule has 0 spiro atoms. The van der Waals surface area contributed by atoms with Gasteiger partial charge in [-0.2, -0.15) is 0 Å². The second-order valence-electron chi connectivity index (χ2n) is 9.37. The molecule has 3 heterocycles. The first-order valence-corrected chi connectivity index (χ1v) is 12.0. The number of methoxy groups -OCH3 is 2. The third kappa shape index (κ3) is 3.52. The van der Waals surface area contributed by atoms with Gasteiger partial charge in [-0.3, -0.25) is 4.79 Å². The third-order valence-corrected chi connectivity index (χ3v) is 7.54. The number of fused-ring (bicyclic) bond motifs is 4. The van der Waals surface area contributed by atoms with Gasteiger partial charge in [0.25, 0.3) is 5.56 Å². The van der Waals surface area contributed by atoms with Crippen LogP contribution >= 0.6 is 0 Å². The van der Waals surface area contributed by atoms with E-state index in [9.17, 15) is 18.8 Å². The lowest BCUT2D eigenvalue weighted by Gasteiger charge is -2.29. The number of amides is 1. The fourth-order valence-electron chi connectivity index (χ4n) is 5.72. The molecule has 2 unspecified atom stereocenters. The lowest BCUT2D eigenvalue weighted by atomic mass is 9.82. The Morgan fingerprint density at radius 2 is 2.11 bits per heavy atom. The van der Waals surface area contributed by atoms with Crippen molar-refractivity contribution in [3.05, 3.63) is 61.7 Å². The van der Waals surface area contributed by atoms with Gasteiger partial charge < -0.3 is 24.2 Å².